The van der Waals surface area contributed by atoms with E-state index < -0.39 is 0 Å². The highest BCUT2D eigenvalue weighted by molar-refractivity contribution is 5.98. The molecule has 1 aliphatic heterocycles. The van der Waals surface area contributed by atoms with Gasteiger partial charge in [-0.2, -0.15) is 0 Å². The molecule has 2 heterocycles. The predicted molar refractivity (Wildman–Crippen MR) is 110 cm³/mol. The monoisotopic (exact) mass is 390 g/mol. The van der Waals surface area contributed by atoms with E-state index in [0.29, 0.717) is 23.8 Å². The molecule has 148 valence electrons. The van der Waals surface area contributed by atoms with E-state index in [4.69, 9.17) is 9.84 Å². The van der Waals surface area contributed by atoms with Crippen molar-refractivity contribution in [3.05, 3.63) is 71.5 Å². The molecule has 1 aliphatic rings. The standard InChI is InChI=1S/C22H22N4O3/c1-15-4-2-5-16(12-15)29-21-13-20(24-14-25-21)26-10-8-17-18(6-3-7-19(17)26)22(28)23-9-11-27/h2-7,12-14,27H,8-11H2,1H3,(H,23,28). The Kier molecular flexibility index (Phi) is 5.39. The number of aromatic nitrogens is 2. The second-order valence-electron chi connectivity index (χ2n) is 6.82. The second-order valence-corrected chi connectivity index (χ2v) is 6.82. The van der Waals surface area contributed by atoms with Crippen LogP contribution in [0.1, 0.15) is 21.5 Å². The Labute approximate surface area is 169 Å². The molecule has 1 aromatic heterocycles. The topological polar surface area (TPSA) is 87.6 Å². The number of benzene rings is 2. The lowest BCUT2D eigenvalue weighted by atomic mass is 10.0. The Balaban J connectivity index is 1.59. The first-order valence-corrected chi connectivity index (χ1v) is 9.51. The second kappa shape index (κ2) is 8.28. The first-order chi connectivity index (χ1) is 14.2. The zero-order valence-corrected chi connectivity index (χ0v) is 16.1. The van der Waals surface area contributed by atoms with Gasteiger partial charge in [-0.25, -0.2) is 9.97 Å². The van der Waals surface area contributed by atoms with Crippen LogP contribution in [0.15, 0.2) is 54.9 Å². The molecule has 0 fully saturated rings. The Hall–Kier alpha value is -3.45. The largest absolute Gasteiger partial charge is 0.439 e. The van der Waals surface area contributed by atoms with Gasteiger partial charge in [0.1, 0.15) is 17.9 Å². The van der Waals surface area contributed by atoms with Crippen LogP contribution < -0.4 is 15.0 Å². The lowest BCUT2D eigenvalue weighted by Crippen LogP contribution is -2.27. The lowest BCUT2D eigenvalue weighted by Gasteiger charge is -2.19. The van der Waals surface area contributed by atoms with Crippen LogP contribution in [0.3, 0.4) is 0 Å². The van der Waals surface area contributed by atoms with Gasteiger partial charge in [-0.05, 0) is 48.7 Å². The molecule has 0 unspecified atom stereocenters. The molecule has 0 bridgehead atoms. The van der Waals surface area contributed by atoms with Gasteiger partial charge in [-0.3, -0.25) is 4.79 Å². The summed E-state index contributed by atoms with van der Waals surface area (Å²) < 4.78 is 5.89. The molecule has 7 heteroatoms. The number of aryl methyl sites for hydroxylation is 1. The summed E-state index contributed by atoms with van der Waals surface area (Å²) >= 11 is 0. The summed E-state index contributed by atoms with van der Waals surface area (Å²) in [6.45, 7) is 2.86. The first-order valence-electron chi connectivity index (χ1n) is 9.51. The molecule has 2 N–H and O–H groups in total. The van der Waals surface area contributed by atoms with E-state index in [-0.39, 0.29) is 19.1 Å². The van der Waals surface area contributed by atoms with Crippen LogP contribution >= 0.6 is 0 Å². The molecule has 0 radical (unpaired) electrons. The summed E-state index contributed by atoms with van der Waals surface area (Å²) in [5.41, 5.74) is 3.66. The number of nitrogens with zero attached hydrogens (tertiary/aromatic N) is 3. The van der Waals surface area contributed by atoms with Crippen LogP contribution in [0.5, 0.6) is 11.6 Å². The first kappa shape index (κ1) is 18.9. The maximum absolute atomic E-state index is 12.4. The Morgan fingerprint density at radius 3 is 2.90 bits per heavy atom. The van der Waals surface area contributed by atoms with E-state index >= 15 is 0 Å². The maximum Gasteiger partial charge on any atom is 0.251 e. The van der Waals surface area contributed by atoms with Gasteiger partial charge in [0, 0.05) is 30.4 Å². The van der Waals surface area contributed by atoms with Crippen molar-refractivity contribution in [2.75, 3.05) is 24.6 Å². The molecule has 4 rings (SSSR count). The molecular formula is C22H22N4O3. The Bertz CT molecular complexity index is 1040. The number of hydrogen-bond acceptors (Lipinski definition) is 6. The van der Waals surface area contributed by atoms with Crippen LogP contribution in [0.25, 0.3) is 0 Å². The van der Waals surface area contributed by atoms with E-state index in [0.717, 1.165) is 29.0 Å². The van der Waals surface area contributed by atoms with E-state index in [1.807, 2.05) is 43.3 Å². The van der Waals surface area contributed by atoms with Gasteiger partial charge in [0.25, 0.3) is 5.91 Å². The Morgan fingerprint density at radius 1 is 1.21 bits per heavy atom. The highest BCUT2D eigenvalue weighted by atomic mass is 16.5. The normalized spacial score (nSPS) is 12.6. The number of amides is 1. The average Bonchev–Trinajstić information content (AvgIpc) is 3.16. The van der Waals surface area contributed by atoms with Crippen molar-refractivity contribution < 1.29 is 14.6 Å². The molecule has 1 amide bonds. The van der Waals surface area contributed by atoms with Gasteiger partial charge in [0.2, 0.25) is 5.88 Å². The van der Waals surface area contributed by atoms with Crippen molar-refractivity contribution in [2.24, 2.45) is 0 Å². The summed E-state index contributed by atoms with van der Waals surface area (Å²) in [6, 6.07) is 15.2. The molecule has 3 aromatic rings. The number of carbonyl (C=O) groups excluding carboxylic acids is 1. The number of carbonyl (C=O) groups is 1. The minimum absolute atomic E-state index is 0.0858. The summed E-state index contributed by atoms with van der Waals surface area (Å²) in [5.74, 6) is 1.73. The summed E-state index contributed by atoms with van der Waals surface area (Å²) in [5, 5.41) is 11.7. The summed E-state index contributed by atoms with van der Waals surface area (Å²) in [4.78, 5) is 23.1. The number of aliphatic hydroxyl groups is 1. The minimum Gasteiger partial charge on any atom is -0.439 e. The smallest absolute Gasteiger partial charge is 0.251 e. The maximum atomic E-state index is 12.4. The van der Waals surface area contributed by atoms with Crippen molar-refractivity contribution in [1.82, 2.24) is 15.3 Å². The highest BCUT2D eigenvalue weighted by Gasteiger charge is 2.26. The van der Waals surface area contributed by atoms with Crippen molar-refractivity contribution in [3.63, 3.8) is 0 Å². The zero-order chi connectivity index (χ0) is 20.2. The molecule has 0 atom stereocenters. The van der Waals surface area contributed by atoms with E-state index in [1.165, 1.54) is 6.33 Å². The number of aliphatic hydroxyl groups excluding tert-OH is 1. The fourth-order valence-corrected chi connectivity index (χ4v) is 3.48. The van der Waals surface area contributed by atoms with Crippen LogP contribution in [-0.2, 0) is 6.42 Å². The SMILES string of the molecule is Cc1cccc(Oc2cc(N3CCc4c(C(=O)NCCO)cccc43)ncn2)c1. The van der Waals surface area contributed by atoms with Gasteiger partial charge >= 0.3 is 0 Å². The molecular weight excluding hydrogens is 368 g/mol. The molecule has 29 heavy (non-hydrogen) atoms. The number of ether oxygens (including phenoxy) is 1. The molecule has 7 nitrogen and oxygen atoms in total. The number of nitrogens with one attached hydrogen (secondary N) is 1. The van der Waals surface area contributed by atoms with Gasteiger partial charge in [0.05, 0.1) is 6.61 Å². The summed E-state index contributed by atoms with van der Waals surface area (Å²) in [6.07, 6.45) is 2.21. The van der Waals surface area contributed by atoms with Crippen LogP contribution in [0.2, 0.25) is 0 Å². The number of rotatable bonds is 6. The van der Waals surface area contributed by atoms with Crippen molar-refractivity contribution >= 4 is 17.4 Å². The highest BCUT2D eigenvalue weighted by Crippen LogP contribution is 2.36. The van der Waals surface area contributed by atoms with Gasteiger partial charge < -0.3 is 20.1 Å². The zero-order valence-electron chi connectivity index (χ0n) is 16.1. The Morgan fingerprint density at radius 2 is 2.07 bits per heavy atom. The van der Waals surface area contributed by atoms with Crippen molar-refractivity contribution in [3.8, 4) is 11.6 Å². The van der Waals surface area contributed by atoms with Crippen molar-refractivity contribution in [1.29, 1.82) is 0 Å². The molecule has 0 saturated carbocycles. The van der Waals surface area contributed by atoms with Gasteiger partial charge in [-0.1, -0.05) is 18.2 Å². The minimum atomic E-state index is -0.177. The van der Waals surface area contributed by atoms with Gasteiger partial charge in [0.15, 0.2) is 0 Å². The molecule has 2 aromatic carbocycles. The third kappa shape index (κ3) is 4.05. The van der Waals surface area contributed by atoms with Crippen molar-refractivity contribution in [2.45, 2.75) is 13.3 Å². The van der Waals surface area contributed by atoms with E-state index in [9.17, 15) is 4.79 Å². The predicted octanol–water partition coefficient (Wildman–Crippen LogP) is 2.99. The van der Waals surface area contributed by atoms with Gasteiger partial charge in [-0.15, -0.1) is 0 Å². The fourth-order valence-electron chi connectivity index (χ4n) is 3.48. The van der Waals surface area contributed by atoms with Crippen LogP contribution in [0.4, 0.5) is 11.5 Å². The third-order valence-electron chi connectivity index (χ3n) is 4.79. The van der Waals surface area contributed by atoms with E-state index in [1.54, 1.807) is 12.1 Å². The van der Waals surface area contributed by atoms with Crippen LogP contribution in [-0.4, -0.2) is 40.7 Å². The molecule has 0 aliphatic carbocycles. The quantitative estimate of drug-likeness (QED) is 0.673. The number of hydrogen-bond donors (Lipinski definition) is 2. The fraction of sp³-hybridized carbons (Fsp3) is 0.227. The molecule has 0 saturated heterocycles. The van der Waals surface area contributed by atoms with E-state index in [2.05, 4.69) is 20.2 Å². The van der Waals surface area contributed by atoms with Crippen LogP contribution in [0, 0.1) is 6.92 Å². The lowest BCUT2D eigenvalue weighted by molar-refractivity contribution is 0.0944. The molecule has 0 spiro atoms. The summed E-state index contributed by atoms with van der Waals surface area (Å²) in [7, 11) is 0. The number of fused-ring (bicyclic) bond motifs is 1. The third-order valence-corrected chi connectivity index (χ3v) is 4.79. The number of anilines is 2. The average molecular weight is 390 g/mol.